The molecule has 6 heteroatoms. The summed E-state index contributed by atoms with van der Waals surface area (Å²) in [5.74, 6) is 1.06. The molecule has 2 aliphatic heterocycles. The van der Waals surface area contributed by atoms with Crippen LogP contribution >= 0.6 is 0 Å². The van der Waals surface area contributed by atoms with Crippen LogP contribution < -0.4 is 4.90 Å². The van der Waals surface area contributed by atoms with Crippen LogP contribution in [-0.4, -0.2) is 37.0 Å². The van der Waals surface area contributed by atoms with Gasteiger partial charge in [0.25, 0.3) is 0 Å². The molecular formula is C20H27F3N2O. The first-order valence-corrected chi connectivity index (χ1v) is 9.23. The van der Waals surface area contributed by atoms with E-state index in [-0.39, 0.29) is 11.3 Å². The highest BCUT2D eigenvalue weighted by atomic mass is 19.4. The van der Waals surface area contributed by atoms with E-state index in [0.29, 0.717) is 18.3 Å². The zero-order valence-electron chi connectivity index (χ0n) is 15.6. The molecule has 144 valence electrons. The van der Waals surface area contributed by atoms with Crippen LogP contribution in [0, 0.1) is 17.3 Å². The van der Waals surface area contributed by atoms with E-state index in [2.05, 4.69) is 25.7 Å². The second-order valence-corrected chi connectivity index (χ2v) is 8.83. The van der Waals surface area contributed by atoms with Crippen LogP contribution in [0.25, 0.3) is 0 Å². The van der Waals surface area contributed by atoms with Crippen LogP contribution in [0.4, 0.5) is 18.9 Å². The molecule has 0 bridgehead atoms. The van der Waals surface area contributed by atoms with Crippen LogP contribution in [-0.2, 0) is 11.0 Å². The molecule has 0 spiro atoms. The number of carbonyl (C=O) groups is 1. The van der Waals surface area contributed by atoms with Gasteiger partial charge in [0.2, 0.25) is 5.91 Å². The predicted molar refractivity (Wildman–Crippen MR) is 95.9 cm³/mol. The molecule has 2 saturated heterocycles. The third-order valence-corrected chi connectivity index (χ3v) is 5.49. The molecule has 2 atom stereocenters. The van der Waals surface area contributed by atoms with Crippen molar-refractivity contribution in [1.82, 2.24) is 4.90 Å². The van der Waals surface area contributed by atoms with Crippen LogP contribution in [0.1, 0.15) is 39.2 Å². The molecule has 0 saturated carbocycles. The number of benzene rings is 1. The second-order valence-electron chi connectivity index (χ2n) is 8.83. The van der Waals surface area contributed by atoms with Gasteiger partial charge < -0.3 is 9.80 Å². The van der Waals surface area contributed by atoms with Gasteiger partial charge in [-0.25, -0.2) is 0 Å². The summed E-state index contributed by atoms with van der Waals surface area (Å²) in [6.07, 6.45) is -2.82. The third-order valence-electron chi connectivity index (χ3n) is 5.49. The van der Waals surface area contributed by atoms with Crippen LogP contribution in [0.3, 0.4) is 0 Å². The first-order valence-electron chi connectivity index (χ1n) is 9.23. The Bertz CT molecular complexity index is 635. The summed E-state index contributed by atoms with van der Waals surface area (Å²) in [5.41, 5.74) is 0.374. The molecule has 0 unspecified atom stereocenters. The number of rotatable bonds is 3. The Balaban J connectivity index is 1.54. The number of hydrogen-bond acceptors (Lipinski definition) is 2. The Morgan fingerprint density at radius 1 is 1.00 bits per heavy atom. The van der Waals surface area contributed by atoms with Crippen molar-refractivity contribution in [3.05, 3.63) is 29.8 Å². The largest absolute Gasteiger partial charge is 0.416 e. The van der Waals surface area contributed by atoms with Crippen molar-refractivity contribution in [1.29, 1.82) is 0 Å². The molecule has 26 heavy (non-hydrogen) atoms. The van der Waals surface area contributed by atoms with E-state index >= 15 is 0 Å². The Kier molecular flexibility index (Phi) is 4.97. The number of likely N-dealkylation sites (tertiary alicyclic amines) is 1. The molecule has 0 N–H and O–H groups in total. The van der Waals surface area contributed by atoms with Crippen molar-refractivity contribution in [3.63, 3.8) is 0 Å². The quantitative estimate of drug-likeness (QED) is 0.788. The molecule has 1 aromatic rings. The summed E-state index contributed by atoms with van der Waals surface area (Å²) < 4.78 is 38.1. The fourth-order valence-electron chi connectivity index (χ4n) is 3.91. The van der Waals surface area contributed by atoms with Gasteiger partial charge in [0.15, 0.2) is 0 Å². The number of halogens is 3. The summed E-state index contributed by atoms with van der Waals surface area (Å²) in [4.78, 5) is 16.5. The van der Waals surface area contributed by atoms with Crippen molar-refractivity contribution >= 4 is 11.6 Å². The SMILES string of the molecule is CC(C)(C)CCC(=O)N1C[C@@H]2CN(c3ccc(C(F)(F)F)cc3)C[C@@H]2C1. The lowest BCUT2D eigenvalue weighted by Gasteiger charge is -2.25. The zero-order chi connectivity index (χ0) is 19.1. The zero-order valence-corrected chi connectivity index (χ0v) is 15.6. The number of carbonyl (C=O) groups excluding carboxylic acids is 1. The minimum atomic E-state index is -4.30. The van der Waals surface area contributed by atoms with Gasteiger partial charge in [-0.1, -0.05) is 20.8 Å². The van der Waals surface area contributed by atoms with Crippen molar-refractivity contribution < 1.29 is 18.0 Å². The van der Waals surface area contributed by atoms with Crippen LogP contribution in [0.5, 0.6) is 0 Å². The van der Waals surface area contributed by atoms with Gasteiger partial charge in [-0.2, -0.15) is 13.2 Å². The van der Waals surface area contributed by atoms with E-state index in [4.69, 9.17) is 0 Å². The first kappa shape index (κ1) is 19.1. The number of fused-ring (bicyclic) bond motifs is 1. The smallest absolute Gasteiger partial charge is 0.371 e. The van der Waals surface area contributed by atoms with Crippen molar-refractivity contribution in [3.8, 4) is 0 Å². The van der Waals surface area contributed by atoms with E-state index < -0.39 is 11.7 Å². The van der Waals surface area contributed by atoms with Crippen molar-refractivity contribution in [2.45, 2.75) is 39.8 Å². The molecule has 2 aliphatic rings. The molecule has 2 heterocycles. The fraction of sp³-hybridized carbons (Fsp3) is 0.650. The van der Waals surface area contributed by atoms with Gasteiger partial charge >= 0.3 is 6.18 Å². The van der Waals surface area contributed by atoms with Gasteiger partial charge in [0.1, 0.15) is 0 Å². The average molecular weight is 368 g/mol. The van der Waals surface area contributed by atoms with E-state index in [0.717, 1.165) is 50.4 Å². The molecule has 1 aromatic carbocycles. The summed E-state index contributed by atoms with van der Waals surface area (Å²) in [6, 6.07) is 5.39. The van der Waals surface area contributed by atoms with E-state index in [1.54, 1.807) is 12.1 Å². The van der Waals surface area contributed by atoms with Crippen LogP contribution in [0.2, 0.25) is 0 Å². The van der Waals surface area contributed by atoms with Gasteiger partial charge in [-0.3, -0.25) is 4.79 Å². The summed E-state index contributed by atoms with van der Waals surface area (Å²) >= 11 is 0. The maximum Gasteiger partial charge on any atom is 0.416 e. The van der Waals surface area contributed by atoms with Gasteiger partial charge in [-0.15, -0.1) is 0 Å². The monoisotopic (exact) mass is 368 g/mol. The molecule has 0 aromatic heterocycles. The minimum Gasteiger partial charge on any atom is -0.371 e. The molecule has 0 radical (unpaired) electrons. The fourth-order valence-corrected chi connectivity index (χ4v) is 3.91. The topological polar surface area (TPSA) is 23.6 Å². The summed E-state index contributed by atoms with van der Waals surface area (Å²) in [7, 11) is 0. The maximum atomic E-state index is 12.7. The molecule has 2 fully saturated rings. The third kappa shape index (κ3) is 4.33. The lowest BCUT2D eigenvalue weighted by molar-refractivity contribution is -0.137. The number of alkyl halides is 3. The molecular weight excluding hydrogens is 341 g/mol. The van der Waals surface area contributed by atoms with Crippen LogP contribution in [0.15, 0.2) is 24.3 Å². The van der Waals surface area contributed by atoms with E-state index in [9.17, 15) is 18.0 Å². The minimum absolute atomic E-state index is 0.157. The van der Waals surface area contributed by atoms with Gasteiger partial charge in [0.05, 0.1) is 5.56 Å². The number of amides is 1. The normalized spacial score (nSPS) is 23.5. The van der Waals surface area contributed by atoms with E-state index in [1.165, 1.54) is 0 Å². The summed E-state index contributed by atoms with van der Waals surface area (Å²) in [5, 5.41) is 0. The Morgan fingerprint density at radius 3 is 2.00 bits per heavy atom. The van der Waals surface area contributed by atoms with Gasteiger partial charge in [0, 0.05) is 50.1 Å². The molecule has 0 aliphatic carbocycles. The highest BCUT2D eigenvalue weighted by molar-refractivity contribution is 5.76. The predicted octanol–water partition coefficient (Wildman–Crippen LogP) is 4.43. The molecule has 1 amide bonds. The number of anilines is 1. The maximum absolute atomic E-state index is 12.7. The Labute approximate surface area is 153 Å². The first-order chi connectivity index (χ1) is 12.0. The second kappa shape index (κ2) is 6.78. The lowest BCUT2D eigenvalue weighted by atomic mass is 9.90. The highest BCUT2D eigenvalue weighted by Crippen LogP contribution is 2.36. The average Bonchev–Trinajstić information content (AvgIpc) is 3.10. The lowest BCUT2D eigenvalue weighted by Crippen LogP contribution is -2.33. The number of nitrogens with zero attached hydrogens (tertiary/aromatic N) is 2. The van der Waals surface area contributed by atoms with Crippen molar-refractivity contribution in [2.75, 3.05) is 31.1 Å². The molecule has 3 nitrogen and oxygen atoms in total. The Morgan fingerprint density at radius 2 is 1.54 bits per heavy atom. The van der Waals surface area contributed by atoms with Crippen molar-refractivity contribution in [2.24, 2.45) is 17.3 Å². The number of hydrogen-bond donors (Lipinski definition) is 0. The van der Waals surface area contributed by atoms with Gasteiger partial charge in [-0.05, 0) is 36.1 Å². The Hall–Kier alpha value is -1.72. The highest BCUT2D eigenvalue weighted by Gasteiger charge is 2.41. The standard InChI is InChI=1S/C20H27F3N2O/c1-19(2,3)9-8-18(26)25-12-14-10-24(11-15(14)13-25)17-6-4-16(5-7-17)20(21,22)23/h4-7,14-15H,8-13H2,1-3H3/t14-,15+. The summed E-state index contributed by atoms with van der Waals surface area (Å²) in [6.45, 7) is 9.57. The molecule has 3 rings (SSSR count). The van der Waals surface area contributed by atoms with E-state index in [1.807, 2.05) is 4.90 Å².